The van der Waals surface area contributed by atoms with Gasteiger partial charge in [0.25, 0.3) is 0 Å². The van der Waals surface area contributed by atoms with Gasteiger partial charge in [-0.15, -0.1) is 0 Å². The van der Waals surface area contributed by atoms with E-state index in [9.17, 15) is 0 Å². The first-order chi connectivity index (χ1) is 9.59. The van der Waals surface area contributed by atoms with E-state index in [0.717, 1.165) is 11.3 Å². The lowest BCUT2D eigenvalue weighted by Crippen LogP contribution is -2.19. The van der Waals surface area contributed by atoms with Gasteiger partial charge in [0, 0.05) is 17.5 Å². The third-order valence-electron chi connectivity index (χ3n) is 3.50. The molecule has 0 aliphatic carbocycles. The van der Waals surface area contributed by atoms with Crippen LogP contribution in [0, 0.1) is 0 Å². The number of rotatable bonds is 5. The van der Waals surface area contributed by atoms with Crippen LogP contribution in [0.25, 0.3) is 0 Å². The van der Waals surface area contributed by atoms with Gasteiger partial charge in [-0.3, -0.25) is 0 Å². The van der Waals surface area contributed by atoms with Crippen LogP contribution in [0.4, 0.5) is 0 Å². The highest BCUT2D eigenvalue weighted by molar-refractivity contribution is 5.38. The van der Waals surface area contributed by atoms with Crippen molar-refractivity contribution in [3.8, 4) is 5.75 Å². The molecule has 0 bridgehead atoms. The number of ether oxygens (including phenoxy) is 1. The lowest BCUT2D eigenvalue weighted by molar-refractivity contribution is 0.238. The Labute approximate surface area is 121 Å². The summed E-state index contributed by atoms with van der Waals surface area (Å²) in [6.07, 6.45) is 0.149. The lowest BCUT2D eigenvalue weighted by atomic mass is 9.89. The molecule has 2 heteroatoms. The average Bonchev–Trinajstić information content (AvgIpc) is 2.46. The van der Waals surface area contributed by atoms with Crippen molar-refractivity contribution in [1.82, 2.24) is 0 Å². The summed E-state index contributed by atoms with van der Waals surface area (Å²) in [6.45, 7) is 6.22. The van der Waals surface area contributed by atoms with E-state index in [-0.39, 0.29) is 18.1 Å². The molecule has 0 spiro atoms. The smallest absolute Gasteiger partial charge is 0.124 e. The van der Waals surface area contributed by atoms with Gasteiger partial charge in [0.15, 0.2) is 0 Å². The van der Waals surface area contributed by atoms with Crippen LogP contribution in [0.15, 0.2) is 54.6 Å². The Morgan fingerprint density at radius 3 is 2.10 bits per heavy atom. The fourth-order valence-corrected chi connectivity index (χ4v) is 2.35. The maximum absolute atomic E-state index is 6.47. The molecule has 2 rings (SSSR count). The molecule has 0 amide bonds. The lowest BCUT2D eigenvalue weighted by Gasteiger charge is -2.24. The molecule has 0 aromatic heterocycles. The number of hydrogen-bond donors (Lipinski definition) is 1. The molecule has 106 valence electrons. The summed E-state index contributed by atoms with van der Waals surface area (Å²) in [4.78, 5) is 0. The number of hydrogen-bond acceptors (Lipinski definition) is 2. The van der Waals surface area contributed by atoms with Gasteiger partial charge in [-0.25, -0.2) is 0 Å². The van der Waals surface area contributed by atoms with Crippen molar-refractivity contribution in [1.29, 1.82) is 0 Å². The maximum atomic E-state index is 6.47. The first kappa shape index (κ1) is 14.6. The molecule has 2 atom stereocenters. The maximum Gasteiger partial charge on any atom is 0.124 e. The third-order valence-corrected chi connectivity index (χ3v) is 3.50. The summed E-state index contributed by atoms with van der Waals surface area (Å²) < 4.78 is 5.87. The van der Waals surface area contributed by atoms with Crippen LogP contribution in [-0.4, -0.2) is 6.10 Å². The zero-order chi connectivity index (χ0) is 14.5. The molecule has 0 heterocycles. The summed E-state index contributed by atoms with van der Waals surface area (Å²) in [5.74, 6) is 1.13. The van der Waals surface area contributed by atoms with E-state index in [1.807, 2.05) is 38.1 Å². The second-order valence-electron chi connectivity index (χ2n) is 5.43. The van der Waals surface area contributed by atoms with E-state index in [0.29, 0.717) is 0 Å². The third kappa shape index (κ3) is 3.40. The topological polar surface area (TPSA) is 35.2 Å². The fraction of sp³-hybridized carbons (Fsp3) is 0.333. The minimum absolute atomic E-state index is 0.0765. The Kier molecular flexibility index (Phi) is 4.80. The second-order valence-corrected chi connectivity index (χ2v) is 5.43. The van der Waals surface area contributed by atoms with Gasteiger partial charge < -0.3 is 10.5 Å². The Morgan fingerprint density at radius 1 is 0.850 bits per heavy atom. The highest BCUT2D eigenvalue weighted by atomic mass is 16.5. The van der Waals surface area contributed by atoms with Crippen LogP contribution >= 0.6 is 0 Å². The molecule has 20 heavy (non-hydrogen) atoms. The molecule has 0 fully saturated rings. The van der Waals surface area contributed by atoms with Crippen LogP contribution < -0.4 is 10.5 Å². The zero-order valence-electron chi connectivity index (χ0n) is 12.4. The number of para-hydroxylation sites is 1. The predicted molar refractivity (Wildman–Crippen MR) is 84.0 cm³/mol. The first-order valence-corrected chi connectivity index (χ1v) is 7.15. The fourth-order valence-electron chi connectivity index (χ4n) is 2.35. The molecular weight excluding hydrogens is 246 g/mol. The molecule has 0 aliphatic heterocycles. The summed E-state index contributed by atoms with van der Waals surface area (Å²) in [5, 5.41) is 0. The largest absolute Gasteiger partial charge is 0.491 e. The van der Waals surface area contributed by atoms with Gasteiger partial charge in [0.1, 0.15) is 5.75 Å². The van der Waals surface area contributed by atoms with E-state index in [1.165, 1.54) is 5.56 Å². The quantitative estimate of drug-likeness (QED) is 0.879. The minimum atomic E-state index is -0.0765. The van der Waals surface area contributed by atoms with E-state index in [4.69, 9.17) is 10.5 Å². The second kappa shape index (κ2) is 6.58. The van der Waals surface area contributed by atoms with Crippen molar-refractivity contribution < 1.29 is 4.74 Å². The van der Waals surface area contributed by atoms with Gasteiger partial charge in [0.2, 0.25) is 0 Å². The van der Waals surface area contributed by atoms with Crippen LogP contribution in [0.3, 0.4) is 0 Å². The van der Waals surface area contributed by atoms with Crippen LogP contribution in [0.2, 0.25) is 0 Å². The van der Waals surface area contributed by atoms with Gasteiger partial charge in [-0.05, 0) is 25.5 Å². The summed E-state index contributed by atoms with van der Waals surface area (Å²) >= 11 is 0. The Bertz CT molecular complexity index is 536. The van der Waals surface area contributed by atoms with Crippen molar-refractivity contribution in [3.05, 3.63) is 65.7 Å². The number of benzene rings is 2. The normalized spacial score (nSPS) is 14.1. The highest BCUT2D eigenvalue weighted by Gasteiger charge is 2.20. The molecular formula is C18H23NO. The Morgan fingerprint density at radius 2 is 1.45 bits per heavy atom. The van der Waals surface area contributed by atoms with Crippen LogP contribution in [0.5, 0.6) is 5.75 Å². The van der Waals surface area contributed by atoms with Crippen LogP contribution in [0.1, 0.15) is 43.9 Å². The van der Waals surface area contributed by atoms with E-state index < -0.39 is 0 Å². The molecule has 2 aromatic carbocycles. The van der Waals surface area contributed by atoms with E-state index in [2.05, 4.69) is 37.3 Å². The van der Waals surface area contributed by atoms with Crippen molar-refractivity contribution in [2.75, 3.05) is 0 Å². The Hall–Kier alpha value is -1.80. The van der Waals surface area contributed by atoms with Crippen molar-refractivity contribution in [3.63, 3.8) is 0 Å². The molecule has 0 radical (unpaired) electrons. The standard InChI is InChI=1S/C18H23NO/c1-13(2)20-17-12-8-7-11-16(17)18(19)14(3)15-9-5-4-6-10-15/h4-14,18H,19H2,1-3H3. The van der Waals surface area contributed by atoms with E-state index >= 15 is 0 Å². The van der Waals surface area contributed by atoms with Gasteiger partial charge in [-0.2, -0.15) is 0 Å². The molecule has 2 N–H and O–H groups in total. The van der Waals surface area contributed by atoms with Crippen molar-refractivity contribution in [2.24, 2.45) is 5.73 Å². The molecule has 2 nitrogen and oxygen atoms in total. The van der Waals surface area contributed by atoms with Crippen LogP contribution in [-0.2, 0) is 0 Å². The number of nitrogens with two attached hydrogens (primary N) is 1. The molecule has 0 saturated carbocycles. The summed E-state index contributed by atoms with van der Waals surface area (Å²) in [7, 11) is 0. The molecule has 0 aliphatic rings. The monoisotopic (exact) mass is 269 g/mol. The van der Waals surface area contributed by atoms with E-state index in [1.54, 1.807) is 0 Å². The first-order valence-electron chi connectivity index (χ1n) is 7.15. The molecule has 2 aromatic rings. The average molecular weight is 269 g/mol. The van der Waals surface area contributed by atoms with Gasteiger partial charge in [0.05, 0.1) is 6.10 Å². The van der Waals surface area contributed by atoms with Crippen molar-refractivity contribution >= 4 is 0 Å². The predicted octanol–water partition coefficient (Wildman–Crippen LogP) is 4.28. The van der Waals surface area contributed by atoms with Gasteiger partial charge in [-0.1, -0.05) is 55.5 Å². The molecule has 0 saturated heterocycles. The summed E-state index contributed by atoms with van der Waals surface area (Å²) in [5.41, 5.74) is 8.78. The van der Waals surface area contributed by atoms with Gasteiger partial charge >= 0.3 is 0 Å². The highest BCUT2D eigenvalue weighted by Crippen LogP contribution is 2.33. The SMILES string of the molecule is CC(C)Oc1ccccc1C(N)C(C)c1ccccc1. The zero-order valence-corrected chi connectivity index (χ0v) is 12.4. The van der Waals surface area contributed by atoms with Crippen molar-refractivity contribution in [2.45, 2.75) is 38.8 Å². The molecule has 2 unspecified atom stereocenters. The summed E-state index contributed by atoms with van der Waals surface area (Å²) in [6, 6.07) is 18.3. The Balaban J connectivity index is 2.27. The minimum Gasteiger partial charge on any atom is -0.491 e.